The predicted molar refractivity (Wildman–Crippen MR) is 86.9 cm³/mol. The number of hydrogen-bond acceptors (Lipinski definition) is 5. The number of hydrogen-bond donors (Lipinski definition) is 0. The number of morpholine rings is 1. The van der Waals surface area contributed by atoms with E-state index in [1.807, 2.05) is 19.1 Å². The molecule has 3 rings (SSSR count). The molecule has 1 aromatic heterocycles. The zero-order chi connectivity index (χ0) is 15.5. The van der Waals surface area contributed by atoms with Gasteiger partial charge in [0.15, 0.2) is 0 Å². The van der Waals surface area contributed by atoms with Crippen LogP contribution in [0.4, 0.5) is 5.69 Å². The Hall–Kier alpha value is -1.85. The van der Waals surface area contributed by atoms with Gasteiger partial charge in [-0.15, -0.1) is 0 Å². The van der Waals surface area contributed by atoms with Crippen LogP contribution in [0.25, 0.3) is 10.9 Å². The third kappa shape index (κ3) is 2.87. The van der Waals surface area contributed by atoms with Gasteiger partial charge in [-0.25, -0.2) is 4.98 Å². The van der Waals surface area contributed by atoms with E-state index < -0.39 is 0 Å². The maximum Gasteiger partial charge on any atom is 0.145 e. The molecule has 0 N–H and O–H groups in total. The normalized spacial score (nSPS) is 18.7. The number of anilines is 1. The van der Waals surface area contributed by atoms with E-state index in [0.717, 1.165) is 35.4 Å². The number of rotatable bonds is 4. The molecule has 0 bridgehead atoms. The molecule has 0 aliphatic carbocycles. The van der Waals surface area contributed by atoms with Crippen molar-refractivity contribution in [2.75, 3.05) is 45.4 Å². The lowest BCUT2D eigenvalue weighted by Crippen LogP contribution is -2.44. The number of benzene rings is 1. The number of para-hydroxylation sites is 1. The Morgan fingerprint density at radius 2 is 2.23 bits per heavy atom. The Balaban J connectivity index is 2.02. The minimum Gasteiger partial charge on any atom is -0.494 e. The summed E-state index contributed by atoms with van der Waals surface area (Å²) in [7, 11) is 3.39. The second kappa shape index (κ2) is 6.50. The minimum atomic E-state index is 0.105. The Morgan fingerprint density at radius 1 is 1.36 bits per heavy atom. The quantitative estimate of drug-likeness (QED) is 0.868. The second-order valence-corrected chi connectivity index (χ2v) is 5.53. The number of pyridine rings is 1. The van der Waals surface area contributed by atoms with Crippen LogP contribution in [-0.2, 0) is 9.47 Å². The van der Waals surface area contributed by atoms with Gasteiger partial charge < -0.3 is 19.1 Å². The molecule has 1 aromatic carbocycles. The summed E-state index contributed by atoms with van der Waals surface area (Å²) in [5, 5.41) is 1.11. The first-order valence-electron chi connectivity index (χ1n) is 7.52. The average Bonchev–Trinajstić information content (AvgIpc) is 2.54. The van der Waals surface area contributed by atoms with Crippen LogP contribution in [0.15, 0.2) is 24.3 Å². The van der Waals surface area contributed by atoms with Crippen LogP contribution >= 0.6 is 0 Å². The van der Waals surface area contributed by atoms with Crippen LogP contribution in [0.2, 0.25) is 0 Å². The number of fused-ring (bicyclic) bond motifs is 1. The highest BCUT2D eigenvalue weighted by molar-refractivity contribution is 5.95. The first-order valence-corrected chi connectivity index (χ1v) is 7.52. The van der Waals surface area contributed by atoms with Crippen LogP contribution in [0, 0.1) is 6.92 Å². The van der Waals surface area contributed by atoms with Crippen molar-refractivity contribution in [3.63, 3.8) is 0 Å². The van der Waals surface area contributed by atoms with Crippen LogP contribution in [0.5, 0.6) is 5.75 Å². The molecule has 2 heterocycles. The molecule has 1 unspecified atom stereocenters. The molecule has 5 heteroatoms. The first-order chi connectivity index (χ1) is 10.7. The van der Waals surface area contributed by atoms with E-state index in [0.29, 0.717) is 13.2 Å². The van der Waals surface area contributed by atoms with E-state index in [4.69, 9.17) is 14.2 Å². The van der Waals surface area contributed by atoms with Crippen molar-refractivity contribution in [1.82, 2.24) is 4.98 Å². The summed E-state index contributed by atoms with van der Waals surface area (Å²) in [5.74, 6) is 0.809. The molecule has 118 valence electrons. The zero-order valence-corrected chi connectivity index (χ0v) is 13.3. The van der Waals surface area contributed by atoms with E-state index >= 15 is 0 Å². The van der Waals surface area contributed by atoms with Crippen molar-refractivity contribution in [1.29, 1.82) is 0 Å². The summed E-state index contributed by atoms with van der Waals surface area (Å²) in [6.07, 6.45) is 0.105. The van der Waals surface area contributed by atoms with Crippen molar-refractivity contribution < 1.29 is 14.2 Å². The summed E-state index contributed by atoms with van der Waals surface area (Å²) in [5.41, 5.74) is 3.09. The van der Waals surface area contributed by atoms with E-state index in [9.17, 15) is 0 Å². The molecule has 1 atom stereocenters. The minimum absolute atomic E-state index is 0.105. The number of nitrogens with zero attached hydrogens (tertiary/aromatic N) is 2. The number of aryl methyl sites for hydroxylation is 1. The van der Waals surface area contributed by atoms with Gasteiger partial charge in [0, 0.05) is 37.0 Å². The van der Waals surface area contributed by atoms with Gasteiger partial charge in [0.2, 0.25) is 0 Å². The topological polar surface area (TPSA) is 43.8 Å². The molecule has 22 heavy (non-hydrogen) atoms. The maximum atomic E-state index is 5.75. The van der Waals surface area contributed by atoms with E-state index in [-0.39, 0.29) is 6.10 Å². The van der Waals surface area contributed by atoms with Gasteiger partial charge >= 0.3 is 0 Å². The van der Waals surface area contributed by atoms with Crippen molar-refractivity contribution in [2.24, 2.45) is 0 Å². The highest BCUT2D eigenvalue weighted by atomic mass is 16.5. The fourth-order valence-corrected chi connectivity index (χ4v) is 2.98. The third-order valence-corrected chi connectivity index (χ3v) is 3.96. The highest BCUT2D eigenvalue weighted by Gasteiger charge is 2.22. The molecular weight excluding hydrogens is 280 g/mol. The van der Waals surface area contributed by atoms with Crippen LogP contribution in [-0.4, -0.2) is 51.6 Å². The lowest BCUT2D eigenvalue weighted by molar-refractivity contribution is -0.00996. The maximum absolute atomic E-state index is 5.75. The SMILES string of the molecule is COCC1CN(c2cc(C)nc3c(OC)cccc23)CCO1. The van der Waals surface area contributed by atoms with Gasteiger partial charge in [-0.1, -0.05) is 12.1 Å². The Labute approximate surface area is 130 Å². The van der Waals surface area contributed by atoms with Gasteiger partial charge in [0.1, 0.15) is 11.3 Å². The lowest BCUT2D eigenvalue weighted by atomic mass is 10.1. The summed E-state index contributed by atoms with van der Waals surface area (Å²) in [6, 6.07) is 8.19. The summed E-state index contributed by atoms with van der Waals surface area (Å²) in [6.45, 7) is 5.03. The van der Waals surface area contributed by atoms with Gasteiger partial charge in [0.05, 0.1) is 26.4 Å². The fraction of sp³-hybridized carbons (Fsp3) is 0.471. The molecule has 0 amide bonds. The molecule has 0 spiro atoms. The third-order valence-electron chi connectivity index (χ3n) is 3.96. The smallest absolute Gasteiger partial charge is 0.145 e. The number of aromatic nitrogens is 1. The molecule has 5 nitrogen and oxygen atoms in total. The van der Waals surface area contributed by atoms with Crippen molar-refractivity contribution in [3.8, 4) is 5.75 Å². The van der Waals surface area contributed by atoms with Crippen LogP contribution in [0.3, 0.4) is 0 Å². The molecule has 2 aromatic rings. The molecule has 0 saturated carbocycles. The molecule has 1 saturated heterocycles. The largest absolute Gasteiger partial charge is 0.494 e. The van der Waals surface area contributed by atoms with Gasteiger partial charge in [-0.3, -0.25) is 0 Å². The van der Waals surface area contributed by atoms with Gasteiger partial charge in [0.25, 0.3) is 0 Å². The Kier molecular flexibility index (Phi) is 4.45. The van der Waals surface area contributed by atoms with Gasteiger partial charge in [-0.2, -0.15) is 0 Å². The highest BCUT2D eigenvalue weighted by Crippen LogP contribution is 2.32. The summed E-state index contributed by atoms with van der Waals surface area (Å²) >= 11 is 0. The lowest BCUT2D eigenvalue weighted by Gasteiger charge is -2.35. The molecule has 1 aliphatic heterocycles. The first kappa shape index (κ1) is 15.1. The Morgan fingerprint density at radius 3 is 3.00 bits per heavy atom. The van der Waals surface area contributed by atoms with Crippen molar-refractivity contribution >= 4 is 16.6 Å². The molecule has 1 aliphatic rings. The van der Waals surface area contributed by atoms with Crippen LogP contribution in [0.1, 0.15) is 5.69 Å². The molecular formula is C17H22N2O3. The number of ether oxygens (including phenoxy) is 3. The second-order valence-electron chi connectivity index (χ2n) is 5.53. The van der Waals surface area contributed by atoms with Crippen LogP contribution < -0.4 is 9.64 Å². The summed E-state index contributed by atoms with van der Waals surface area (Å²) < 4.78 is 16.4. The molecule has 1 fully saturated rings. The van der Waals surface area contributed by atoms with E-state index in [1.54, 1.807) is 14.2 Å². The van der Waals surface area contributed by atoms with E-state index in [1.165, 1.54) is 5.69 Å². The fourth-order valence-electron chi connectivity index (χ4n) is 2.98. The summed E-state index contributed by atoms with van der Waals surface area (Å²) in [4.78, 5) is 7.00. The molecule has 0 radical (unpaired) electrons. The predicted octanol–water partition coefficient (Wildman–Crippen LogP) is 2.40. The van der Waals surface area contributed by atoms with Crippen molar-refractivity contribution in [2.45, 2.75) is 13.0 Å². The van der Waals surface area contributed by atoms with Gasteiger partial charge in [-0.05, 0) is 19.1 Å². The number of methoxy groups -OCH3 is 2. The standard InChI is InChI=1S/C17H22N2O3/c1-12-9-15(19-7-8-22-13(10-19)11-20-2)14-5-4-6-16(21-3)17(14)18-12/h4-6,9,13H,7-8,10-11H2,1-3H3. The Bertz CT molecular complexity index is 658. The zero-order valence-electron chi connectivity index (χ0n) is 13.3. The average molecular weight is 302 g/mol. The van der Waals surface area contributed by atoms with E-state index in [2.05, 4.69) is 22.0 Å². The van der Waals surface area contributed by atoms with Crippen molar-refractivity contribution in [3.05, 3.63) is 30.0 Å². The monoisotopic (exact) mass is 302 g/mol.